The summed E-state index contributed by atoms with van der Waals surface area (Å²) in [5.41, 5.74) is 0. The number of aliphatic hydroxyl groups excluding tert-OH is 1. The molecule has 0 saturated heterocycles. The molecule has 1 unspecified atom stereocenters. The summed E-state index contributed by atoms with van der Waals surface area (Å²) in [6.45, 7) is 3.76. The molecule has 18 heavy (non-hydrogen) atoms. The highest BCUT2D eigenvalue weighted by molar-refractivity contribution is 9.10. The number of rotatable bonds is 6. The van der Waals surface area contributed by atoms with Crippen molar-refractivity contribution < 1.29 is 14.6 Å². The number of hydrogen-bond acceptors (Lipinski definition) is 3. The molecule has 0 radical (unpaired) electrons. The van der Waals surface area contributed by atoms with Gasteiger partial charge in [0.15, 0.2) is 6.61 Å². The van der Waals surface area contributed by atoms with Crippen LogP contribution < -0.4 is 10.1 Å². The van der Waals surface area contributed by atoms with Gasteiger partial charge in [-0.15, -0.1) is 0 Å². The Morgan fingerprint density at radius 1 is 1.50 bits per heavy atom. The highest BCUT2D eigenvalue weighted by Gasteiger charge is 2.15. The summed E-state index contributed by atoms with van der Waals surface area (Å²) < 4.78 is 6.25. The zero-order chi connectivity index (χ0) is 13.5. The van der Waals surface area contributed by atoms with Crippen molar-refractivity contribution in [3.8, 4) is 5.75 Å². The molecule has 0 bridgehead atoms. The van der Waals surface area contributed by atoms with Crippen molar-refractivity contribution in [2.75, 3.05) is 13.2 Å². The third-order valence-corrected chi connectivity index (χ3v) is 3.01. The molecule has 4 nitrogen and oxygen atoms in total. The van der Waals surface area contributed by atoms with E-state index in [0.717, 1.165) is 4.47 Å². The molecular formula is C13H18BrNO3. The molecule has 1 atom stereocenters. The number of halogens is 1. The molecule has 5 heteroatoms. The minimum atomic E-state index is -0.234. The molecule has 0 aromatic heterocycles. The average Bonchev–Trinajstić information content (AvgIpc) is 2.33. The van der Waals surface area contributed by atoms with Crippen LogP contribution in [-0.4, -0.2) is 30.3 Å². The standard InChI is InChI=1S/C13H18BrNO3/c1-9(2)12(7-16)15-13(17)8-18-11-5-3-4-10(14)6-11/h3-6,9,12,16H,7-8H2,1-2H3,(H,15,17). The van der Waals surface area contributed by atoms with Crippen LogP contribution in [0.1, 0.15) is 13.8 Å². The summed E-state index contributed by atoms with van der Waals surface area (Å²) in [6.07, 6.45) is 0. The van der Waals surface area contributed by atoms with Crippen molar-refractivity contribution in [3.63, 3.8) is 0 Å². The predicted molar refractivity (Wildman–Crippen MR) is 73.5 cm³/mol. The van der Waals surface area contributed by atoms with Gasteiger partial charge >= 0.3 is 0 Å². The van der Waals surface area contributed by atoms with Crippen LogP contribution >= 0.6 is 15.9 Å². The molecule has 0 aliphatic heterocycles. The summed E-state index contributed by atoms with van der Waals surface area (Å²) in [5.74, 6) is 0.581. The van der Waals surface area contributed by atoms with Crippen LogP contribution in [0.2, 0.25) is 0 Å². The molecule has 0 aliphatic carbocycles. The van der Waals surface area contributed by atoms with Gasteiger partial charge in [-0.2, -0.15) is 0 Å². The Kier molecular flexibility index (Phi) is 6.15. The first-order valence-corrected chi connectivity index (χ1v) is 6.61. The lowest BCUT2D eigenvalue weighted by molar-refractivity contribution is -0.124. The van der Waals surface area contributed by atoms with Crippen LogP contribution in [0.4, 0.5) is 0 Å². The van der Waals surface area contributed by atoms with E-state index < -0.39 is 0 Å². The normalized spacial score (nSPS) is 12.3. The van der Waals surface area contributed by atoms with Crippen molar-refractivity contribution in [1.82, 2.24) is 5.32 Å². The van der Waals surface area contributed by atoms with Crippen LogP contribution in [0, 0.1) is 5.92 Å². The number of ether oxygens (including phenoxy) is 1. The van der Waals surface area contributed by atoms with Crippen molar-refractivity contribution in [1.29, 1.82) is 0 Å². The third-order valence-electron chi connectivity index (χ3n) is 2.51. The lowest BCUT2D eigenvalue weighted by Gasteiger charge is -2.19. The lowest BCUT2D eigenvalue weighted by Crippen LogP contribution is -2.43. The number of carbonyl (C=O) groups is 1. The van der Waals surface area contributed by atoms with E-state index >= 15 is 0 Å². The van der Waals surface area contributed by atoms with Crippen molar-refractivity contribution in [2.45, 2.75) is 19.9 Å². The average molecular weight is 316 g/mol. The predicted octanol–water partition coefficient (Wildman–Crippen LogP) is 1.96. The Bertz CT molecular complexity index is 396. The number of hydrogen-bond donors (Lipinski definition) is 2. The maximum Gasteiger partial charge on any atom is 0.258 e. The van der Waals surface area contributed by atoms with E-state index in [1.165, 1.54) is 0 Å². The van der Waals surface area contributed by atoms with E-state index in [1.807, 2.05) is 26.0 Å². The van der Waals surface area contributed by atoms with Gasteiger partial charge in [0.25, 0.3) is 5.91 Å². The molecule has 1 amide bonds. The Labute approximate surface area is 115 Å². The summed E-state index contributed by atoms with van der Waals surface area (Å²) in [6, 6.07) is 7.06. The maximum absolute atomic E-state index is 11.6. The summed E-state index contributed by atoms with van der Waals surface area (Å²) in [7, 11) is 0. The van der Waals surface area contributed by atoms with Crippen LogP contribution in [-0.2, 0) is 4.79 Å². The van der Waals surface area contributed by atoms with Crippen molar-refractivity contribution in [2.24, 2.45) is 5.92 Å². The lowest BCUT2D eigenvalue weighted by atomic mass is 10.1. The Hall–Kier alpha value is -1.07. The second-order valence-corrected chi connectivity index (χ2v) is 5.26. The van der Waals surface area contributed by atoms with Gasteiger partial charge in [0, 0.05) is 4.47 Å². The third kappa shape index (κ3) is 5.06. The minimum Gasteiger partial charge on any atom is -0.484 e. The molecule has 1 aromatic rings. The summed E-state index contributed by atoms with van der Waals surface area (Å²) in [5, 5.41) is 11.8. The molecule has 1 aromatic carbocycles. The van der Waals surface area contributed by atoms with Crippen LogP contribution in [0.15, 0.2) is 28.7 Å². The van der Waals surface area contributed by atoms with Crippen LogP contribution in [0.5, 0.6) is 5.75 Å². The first-order valence-electron chi connectivity index (χ1n) is 5.81. The van der Waals surface area contributed by atoms with Crippen molar-refractivity contribution >= 4 is 21.8 Å². The summed E-state index contributed by atoms with van der Waals surface area (Å²) in [4.78, 5) is 11.6. The van der Waals surface area contributed by atoms with Gasteiger partial charge < -0.3 is 15.2 Å². The highest BCUT2D eigenvalue weighted by Crippen LogP contribution is 2.17. The first-order chi connectivity index (χ1) is 8.52. The number of nitrogens with one attached hydrogen (secondary N) is 1. The number of aliphatic hydroxyl groups is 1. The second-order valence-electron chi connectivity index (χ2n) is 4.35. The van der Waals surface area contributed by atoms with E-state index in [-0.39, 0.29) is 31.1 Å². The van der Waals surface area contributed by atoms with Crippen LogP contribution in [0.3, 0.4) is 0 Å². The number of amides is 1. The molecule has 0 saturated carbocycles. The Morgan fingerprint density at radius 3 is 2.78 bits per heavy atom. The fourth-order valence-electron chi connectivity index (χ4n) is 1.38. The van der Waals surface area contributed by atoms with Gasteiger partial charge in [-0.05, 0) is 24.1 Å². The maximum atomic E-state index is 11.6. The number of benzene rings is 1. The molecule has 0 aliphatic rings. The SMILES string of the molecule is CC(C)C(CO)NC(=O)COc1cccc(Br)c1. The molecule has 1 rings (SSSR count). The number of carbonyl (C=O) groups excluding carboxylic acids is 1. The zero-order valence-corrected chi connectivity index (χ0v) is 12.1. The van der Waals surface area contributed by atoms with E-state index in [4.69, 9.17) is 9.84 Å². The first kappa shape index (κ1) is 15.0. The van der Waals surface area contributed by atoms with Gasteiger partial charge in [-0.25, -0.2) is 0 Å². The van der Waals surface area contributed by atoms with E-state index in [2.05, 4.69) is 21.2 Å². The van der Waals surface area contributed by atoms with Gasteiger partial charge in [-0.3, -0.25) is 4.79 Å². The quantitative estimate of drug-likeness (QED) is 0.843. The molecule has 0 fully saturated rings. The highest BCUT2D eigenvalue weighted by atomic mass is 79.9. The van der Waals surface area contributed by atoms with Gasteiger partial charge in [0.05, 0.1) is 12.6 Å². The van der Waals surface area contributed by atoms with E-state index in [9.17, 15) is 4.79 Å². The molecular weight excluding hydrogens is 298 g/mol. The molecule has 0 heterocycles. The smallest absolute Gasteiger partial charge is 0.258 e. The minimum absolute atomic E-state index is 0.0559. The fraction of sp³-hybridized carbons (Fsp3) is 0.462. The Morgan fingerprint density at radius 2 is 2.22 bits per heavy atom. The second kappa shape index (κ2) is 7.38. The molecule has 2 N–H and O–H groups in total. The molecule has 100 valence electrons. The topological polar surface area (TPSA) is 58.6 Å². The zero-order valence-electron chi connectivity index (χ0n) is 10.5. The van der Waals surface area contributed by atoms with E-state index in [0.29, 0.717) is 5.75 Å². The monoisotopic (exact) mass is 315 g/mol. The largest absolute Gasteiger partial charge is 0.484 e. The Balaban J connectivity index is 2.41. The van der Waals surface area contributed by atoms with Gasteiger partial charge in [-0.1, -0.05) is 35.8 Å². The van der Waals surface area contributed by atoms with Crippen LogP contribution in [0.25, 0.3) is 0 Å². The van der Waals surface area contributed by atoms with Gasteiger partial charge in [0.1, 0.15) is 5.75 Å². The summed E-state index contributed by atoms with van der Waals surface area (Å²) >= 11 is 3.33. The fourth-order valence-corrected chi connectivity index (χ4v) is 1.76. The van der Waals surface area contributed by atoms with Crippen molar-refractivity contribution in [3.05, 3.63) is 28.7 Å². The van der Waals surface area contributed by atoms with E-state index in [1.54, 1.807) is 12.1 Å². The van der Waals surface area contributed by atoms with Gasteiger partial charge in [0.2, 0.25) is 0 Å². The molecule has 0 spiro atoms.